The highest BCUT2D eigenvalue weighted by molar-refractivity contribution is 4.93. The fraction of sp³-hybridized carbons (Fsp3) is 1.00. The largest absolute Gasteiger partial charge is 0.328 e. The quantitative estimate of drug-likeness (QED) is 0.543. The maximum absolute atomic E-state index is 6.09. The molecule has 2 unspecified atom stereocenters. The van der Waals surface area contributed by atoms with Gasteiger partial charge in [0.1, 0.15) is 0 Å². The Kier molecular flexibility index (Phi) is 1.90. The molecule has 0 aromatic carbocycles. The van der Waals surface area contributed by atoms with Gasteiger partial charge in [0.15, 0.2) is 0 Å². The molecule has 2 aliphatic rings. The molecule has 2 fully saturated rings. The Hall–Kier alpha value is -0.0800. The van der Waals surface area contributed by atoms with Crippen LogP contribution in [0.4, 0.5) is 0 Å². The summed E-state index contributed by atoms with van der Waals surface area (Å²) < 4.78 is 0. The average molecular weight is 154 g/mol. The topological polar surface area (TPSA) is 52.0 Å². The monoisotopic (exact) mass is 154 g/mol. The van der Waals surface area contributed by atoms with Crippen LogP contribution in [0.2, 0.25) is 0 Å². The van der Waals surface area contributed by atoms with E-state index in [0.717, 1.165) is 11.8 Å². The van der Waals surface area contributed by atoms with Gasteiger partial charge in [0.2, 0.25) is 0 Å². The predicted octanol–water partition coefficient (Wildman–Crippen LogP) is 0.851. The summed E-state index contributed by atoms with van der Waals surface area (Å²) >= 11 is 0. The van der Waals surface area contributed by atoms with Gasteiger partial charge < -0.3 is 11.5 Å². The van der Waals surface area contributed by atoms with Crippen LogP contribution in [0, 0.1) is 11.8 Å². The Morgan fingerprint density at radius 1 is 0.909 bits per heavy atom. The number of nitrogens with two attached hydrogens (primary N) is 2. The van der Waals surface area contributed by atoms with Crippen LogP contribution in [0.5, 0.6) is 0 Å². The normalized spacial score (nSPS) is 50.7. The molecule has 0 aromatic heterocycles. The molecule has 2 rings (SSSR count). The summed E-state index contributed by atoms with van der Waals surface area (Å²) in [5.74, 6) is 1.50. The fourth-order valence-electron chi connectivity index (χ4n) is 2.84. The third-order valence-corrected chi connectivity index (χ3v) is 3.45. The molecular weight excluding hydrogens is 136 g/mol. The van der Waals surface area contributed by atoms with Gasteiger partial charge in [0.05, 0.1) is 0 Å². The van der Waals surface area contributed by atoms with Crippen molar-refractivity contribution in [3.05, 3.63) is 0 Å². The maximum Gasteiger partial charge on any atom is 0.00967 e. The molecule has 2 saturated carbocycles. The Labute approximate surface area is 68.3 Å². The first-order chi connectivity index (χ1) is 5.27. The molecule has 0 saturated heterocycles. The van der Waals surface area contributed by atoms with Crippen LogP contribution in [-0.4, -0.2) is 12.1 Å². The fourth-order valence-corrected chi connectivity index (χ4v) is 2.84. The summed E-state index contributed by atoms with van der Waals surface area (Å²) in [6.07, 6.45) is 6.39. The van der Waals surface area contributed by atoms with E-state index >= 15 is 0 Å². The molecule has 0 amide bonds. The summed E-state index contributed by atoms with van der Waals surface area (Å²) in [5.41, 5.74) is 12.0. The Morgan fingerprint density at radius 2 is 1.45 bits per heavy atom. The highest BCUT2D eigenvalue weighted by Crippen LogP contribution is 2.38. The smallest absolute Gasteiger partial charge is 0.00967 e. The van der Waals surface area contributed by atoms with E-state index < -0.39 is 0 Å². The zero-order valence-corrected chi connectivity index (χ0v) is 7.00. The van der Waals surface area contributed by atoms with Gasteiger partial charge >= 0.3 is 0 Å². The lowest BCUT2D eigenvalue weighted by Crippen LogP contribution is -2.49. The van der Waals surface area contributed by atoms with E-state index in [1.54, 1.807) is 0 Å². The molecular formula is C9H18N2. The highest BCUT2D eigenvalue weighted by atomic mass is 14.8. The van der Waals surface area contributed by atoms with Crippen LogP contribution in [0.3, 0.4) is 0 Å². The molecule has 0 aliphatic heterocycles. The minimum atomic E-state index is 0.449. The Balaban J connectivity index is 2.07. The average Bonchev–Trinajstić information content (AvgIpc) is 1.92. The molecule has 11 heavy (non-hydrogen) atoms. The highest BCUT2D eigenvalue weighted by Gasteiger charge is 2.36. The zero-order valence-electron chi connectivity index (χ0n) is 7.00. The van der Waals surface area contributed by atoms with E-state index in [0.29, 0.717) is 12.1 Å². The number of rotatable bonds is 0. The minimum absolute atomic E-state index is 0.449. The molecule has 0 radical (unpaired) electrons. The first-order valence-corrected chi connectivity index (χ1v) is 4.78. The second-order valence-electron chi connectivity index (χ2n) is 4.26. The second kappa shape index (κ2) is 2.76. The van der Waals surface area contributed by atoms with Crippen molar-refractivity contribution in [2.24, 2.45) is 23.3 Å². The number of hydrogen-bond donors (Lipinski definition) is 2. The van der Waals surface area contributed by atoms with Gasteiger partial charge in [-0.05, 0) is 37.5 Å². The summed E-state index contributed by atoms with van der Waals surface area (Å²) in [6.45, 7) is 0. The summed E-state index contributed by atoms with van der Waals surface area (Å²) in [7, 11) is 0. The molecule has 0 aromatic rings. The maximum atomic E-state index is 6.09. The van der Waals surface area contributed by atoms with E-state index in [1.165, 1.54) is 32.1 Å². The molecule has 0 spiro atoms. The van der Waals surface area contributed by atoms with Gasteiger partial charge in [-0.25, -0.2) is 0 Å². The van der Waals surface area contributed by atoms with E-state index in [4.69, 9.17) is 11.5 Å². The third-order valence-electron chi connectivity index (χ3n) is 3.45. The van der Waals surface area contributed by atoms with Crippen LogP contribution in [-0.2, 0) is 0 Å². The van der Waals surface area contributed by atoms with Gasteiger partial charge in [0.25, 0.3) is 0 Å². The number of fused-ring (bicyclic) bond motifs is 2. The van der Waals surface area contributed by atoms with Crippen molar-refractivity contribution in [2.75, 3.05) is 0 Å². The van der Waals surface area contributed by atoms with Crippen LogP contribution < -0.4 is 11.5 Å². The Bertz CT molecular complexity index is 132. The van der Waals surface area contributed by atoms with Crippen molar-refractivity contribution < 1.29 is 0 Å². The molecule has 2 atom stereocenters. The lowest BCUT2D eigenvalue weighted by atomic mass is 9.67. The molecule has 2 heteroatoms. The minimum Gasteiger partial charge on any atom is -0.328 e. The molecule has 0 heterocycles. The standard InChI is InChI=1S/C9H18N2/c10-8-4-6-2-1-3-7(5-8)9(6)11/h6-9H,1-5,10-11H2. The number of hydrogen-bond acceptors (Lipinski definition) is 2. The first kappa shape index (κ1) is 7.56. The van der Waals surface area contributed by atoms with Crippen LogP contribution in [0.25, 0.3) is 0 Å². The van der Waals surface area contributed by atoms with Crippen LogP contribution >= 0.6 is 0 Å². The zero-order chi connectivity index (χ0) is 7.84. The van der Waals surface area contributed by atoms with Crippen LogP contribution in [0.1, 0.15) is 32.1 Å². The second-order valence-corrected chi connectivity index (χ2v) is 4.26. The van der Waals surface area contributed by atoms with Crippen molar-refractivity contribution in [1.29, 1.82) is 0 Å². The molecule has 2 bridgehead atoms. The van der Waals surface area contributed by atoms with E-state index in [-0.39, 0.29) is 0 Å². The SMILES string of the molecule is NC1CC2CCCC(C1)C2N. The van der Waals surface area contributed by atoms with Crippen molar-refractivity contribution in [3.8, 4) is 0 Å². The molecule has 2 aliphatic carbocycles. The predicted molar refractivity (Wildman–Crippen MR) is 46.0 cm³/mol. The Morgan fingerprint density at radius 3 is 2.00 bits per heavy atom. The van der Waals surface area contributed by atoms with E-state index in [2.05, 4.69) is 0 Å². The van der Waals surface area contributed by atoms with Gasteiger partial charge in [0, 0.05) is 12.1 Å². The molecule has 4 N–H and O–H groups in total. The lowest BCUT2D eigenvalue weighted by Gasteiger charge is -2.43. The van der Waals surface area contributed by atoms with E-state index in [1.807, 2.05) is 0 Å². The first-order valence-electron chi connectivity index (χ1n) is 4.78. The van der Waals surface area contributed by atoms with Gasteiger partial charge in [-0.3, -0.25) is 0 Å². The van der Waals surface area contributed by atoms with Gasteiger partial charge in [-0.15, -0.1) is 0 Å². The van der Waals surface area contributed by atoms with Crippen molar-refractivity contribution in [2.45, 2.75) is 44.2 Å². The van der Waals surface area contributed by atoms with Crippen molar-refractivity contribution in [1.82, 2.24) is 0 Å². The third kappa shape index (κ3) is 1.30. The molecule has 2 nitrogen and oxygen atoms in total. The van der Waals surface area contributed by atoms with Gasteiger partial charge in [-0.1, -0.05) is 6.42 Å². The summed E-state index contributed by atoms with van der Waals surface area (Å²) in [6, 6.07) is 0.925. The van der Waals surface area contributed by atoms with E-state index in [9.17, 15) is 0 Å². The lowest BCUT2D eigenvalue weighted by molar-refractivity contribution is 0.136. The van der Waals surface area contributed by atoms with Gasteiger partial charge in [-0.2, -0.15) is 0 Å². The van der Waals surface area contributed by atoms with Crippen molar-refractivity contribution in [3.63, 3.8) is 0 Å². The molecule has 64 valence electrons. The summed E-state index contributed by atoms with van der Waals surface area (Å²) in [4.78, 5) is 0. The van der Waals surface area contributed by atoms with Crippen molar-refractivity contribution >= 4 is 0 Å². The van der Waals surface area contributed by atoms with Crippen LogP contribution in [0.15, 0.2) is 0 Å². The summed E-state index contributed by atoms with van der Waals surface area (Å²) in [5, 5.41) is 0.